The lowest BCUT2D eigenvalue weighted by molar-refractivity contribution is 0.441. The third-order valence-corrected chi connectivity index (χ3v) is 3.12. The van der Waals surface area contributed by atoms with Crippen LogP contribution in [0.15, 0.2) is 0 Å². The van der Waals surface area contributed by atoms with E-state index < -0.39 is 0 Å². The largest absolute Gasteiger partial charge is 0.354 e. The van der Waals surface area contributed by atoms with Crippen LogP contribution in [0.2, 0.25) is 0 Å². The molecule has 0 unspecified atom stereocenters. The molecule has 112 valence electrons. The molecule has 1 aliphatic heterocycles. The molecule has 20 heavy (non-hydrogen) atoms. The van der Waals surface area contributed by atoms with Crippen LogP contribution < -0.4 is 15.5 Å². The molecule has 0 amide bonds. The Morgan fingerprint density at radius 2 is 1.60 bits per heavy atom. The minimum atomic E-state index is 0.193. The minimum Gasteiger partial charge on any atom is -0.354 e. The van der Waals surface area contributed by atoms with Crippen molar-refractivity contribution in [3.63, 3.8) is 0 Å². The molecule has 6 nitrogen and oxygen atoms in total. The molecular formula is C14H26N6. The lowest BCUT2D eigenvalue weighted by Crippen LogP contribution is -2.24. The summed E-state index contributed by atoms with van der Waals surface area (Å²) in [6.07, 6.45) is 2.43. The summed E-state index contributed by atoms with van der Waals surface area (Å²) >= 11 is 0. The molecule has 0 atom stereocenters. The topological polar surface area (TPSA) is 66.0 Å². The van der Waals surface area contributed by atoms with E-state index in [-0.39, 0.29) is 5.41 Å². The van der Waals surface area contributed by atoms with Crippen LogP contribution in [0.3, 0.4) is 0 Å². The Hall–Kier alpha value is -1.59. The predicted octanol–water partition coefficient (Wildman–Crippen LogP) is 2.36. The van der Waals surface area contributed by atoms with E-state index in [1.807, 2.05) is 6.92 Å². The second-order valence-corrected chi connectivity index (χ2v) is 6.42. The van der Waals surface area contributed by atoms with Gasteiger partial charge in [0.2, 0.25) is 17.8 Å². The molecule has 0 aromatic carbocycles. The van der Waals surface area contributed by atoms with Crippen molar-refractivity contribution in [2.24, 2.45) is 5.41 Å². The number of nitrogens with zero attached hydrogens (tertiary/aromatic N) is 4. The van der Waals surface area contributed by atoms with E-state index in [2.05, 4.69) is 51.3 Å². The molecule has 0 radical (unpaired) electrons. The SMILES string of the molecule is CCNc1nc(NCC(C)(C)C)nc(N2CCCC2)n1. The Morgan fingerprint density at radius 3 is 2.15 bits per heavy atom. The van der Waals surface area contributed by atoms with E-state index in [9.17, 15) is 0 Å². The van der Waals surface area contributed by atoms with Gasteiger partial charge in [-0.3, -0.25) is 0 Å². The van der Waals surface area contributed by atoms with Gasteiger partial charge in [0.15, 0.2) is 0 Å². The summed E-state index contributed by atoms with van der Waals surface area (Å²) in [4.78, 5) is 15.7. The van der Waals surface area contributed by atoms with E-state index in [4.69, 9.17) is 0 Å². The number of nitrogens with one attached hydrogen (secondary N) is 2. The number of hydrogen-bond donors (Lipinski definition) is 2. The van der Waals surface area contributed by atoms with Gasteiger partial charge < -0.3 is 15.5 Å². The van der Waals surface area contributed by atoms with Crippen molar-refractivity contribution in [3.8, 4) is 0 Å². The smallest absolute Gasteiger partial charge is 0.231 e. The third-order valence-electron chi connectivity index (χ3n) is 3.12. The molecule has 0 aliphatic carbocycles. The Kier molecular flexibility index (Phi) is 4.62. The quantitative estimate of drug-likeness (QED) is 0.862. The number of anilines is 3. The highest BCUT2D eigenvalue weighted by Gasteiger charge is 2.18. The maximum absolute atomic E-state index is 4.55. The first-order chi connectivity index (χ1) is 9.48. The first-order valence-electron chi connectivity index (χ1n) is 7.47. The molecule has 1 fully saturated rings. The summed E-state index contributed by atoms with van der Waals surface area (Å²) in [5, 5.41) is 6.50. The molecule has 0 saturated carbocycles. The van der Waals surface area contributed by atoms with E-state index in [1.54, 1.807) is 0 Å². The summed E-state index contributed by atoms with van der Waals surface area (Å²) in [7, 11) is 0. The summed E-state index contributed by atoms with van der Waals surface area (Å²) in [6.45, 7) is 12.3. The third kappa shape index (κ3) is 4.21. The Bertz CT molecular complexity index is 434. The first kappa shape index (κ1) is 14.8. The lowest BCUT2D eigenvalue weighted by Gasteiger charge is -2.20. The monoisotopic (exact) mass is 278 g/mol. The summed E-state index contributed by atoms with van der Waals surface area (Å²) in [5.41, 5.74) is 0.193. The van der Waals surface area contributed by atoms with Gasteiger partial charge >= 0.3 is 0 Å². The molecule has 1 aliphatic rings. The zero-order valence-corrected chi connectivity index (χ0v) is 13.0. The lowest BCUT2D eigenvalue weighted by atomic mass is 9.97. The van der Waals surface area contributed by atoms with Crippen LogP contribution >= 0.6 is 0 Å². The van der Waals surface area contributed by atoms with Crippen LogP contribution in [0.4, 0.5) is 17.8 Å². The van der Waals surface area contributed by atoms with E-state index in [0.29, 0.717) is 11.9 Å². The van der Waals surface area contributed by atoms with Gasteiger partial charge in [-0.25, -0.2) is 0 Å². The number of hydrogen-bond acceptors (Lipinski definition) is 6. The van der Waals surface area contributed by atoms with E-state index in [1.165, 1.54) is 12.8 Å². The molecule has 6 heteroatoms. The van der Waals surface area contributed by atoms with Crippen LogP contribution in [-0.2, 0) is 0 Å². The molecule has 1 aromatic rings. The maximum atomic E-state index is 4.55. The summed E-state index contributed by atoms with van der Waals surface area (Å²) in [6, 6.07) is 0. The molecule has 2 N–H and O–H groups in total. The molecule has 0 spiro atoms. The van der Waals surface area contributed by atoms with Crippen molar-refractivity contribution in [2.45, 2.75) is 40.5 Å². The zero-order valence-electron chi connectivity index (χ0n) is 13.0. The van der Waals surface area contributed by atoms with Gasteiger partial charge in [0, 0.05) is 26.2 Å². The number of rotatable bonds is 5. The zero-order chi connectivity index (χ0) is 14.6. The van der Waals surface area contributed by atoms with Crippen molar-refractivity contribution in [3.05, 3.63) is 0 Å². The Morgan fingerprint density at radius 1 is 1.00 bits per heavy atom. The first-order valence-corrected chi connectivity index (χ1v) is 7.47. The van der Waals surface area contributed by atoms with Crippen LogP contribution in [0, 0.1) is 5.41 Å². The van der Waals surface area contributed by atoms with Gasteiger partial charge in [-0.2, -0.15) is 15.0 Å². The van der Waals surface area contributed by atoms with Crippen LogP contribution in [0.25, 0.3) is 0 Å². The molecule has 0 bridgehead atoms. The molecular weight excluding hydrogens is 252 g/mol. The standard InChI is InChI=1S/C14H26N6/c1-5-15-11-17-12(16-10-14(2,3)4)19-13(18-11)20-8-6-7-9-20/h5-10H2,1-4H3,(H2,15,16,17,18,19). The Labute approximate surface area is 121 Å². The van der Waals surface area contributed by atoms with Crippen LogP contribution in [0.1, 0.15) is 40.5 Å². The minimum absolute atomic E-state index is 0.193. The van der Waals surface area contributed by atoms with Gasteiger partial charge in [-0.15, -0.1) is 0 Å². The van der Waals surface area contributed by atoms with Crippen LogP contribution in [0.5, 0.6) is 0 Å². The van der Waals surface area contributed by atoms with Gasteiger partial charge in [0.1, 0.15) is 0 Å². The van der Waals surface area contributed by atoms with E-state index in [0.717, 1.165) is 32.1 Å². The van der Waals surface area contributed by atoms with Crippen molar-refractivity contribution in [1.82, 2.24) is 15.0 Å². The van der Waals surface area contributed by atoms with Gasteiger partial charge in [0.05, 0.1) is 0 Å². The number of aromatic nitrogens is 3. The van der Waals surface area contributed by atoms with Gasteiger partial charge in [-0.1, -0.05) is 20.8 Å². The fraction of sp³-hybridized carbons (Fsp3) is 0.786. The molecule has 2 heterocycles. The van der Waals surface area contributed by atoms with Crippen molar-refractivity contribution in [2.75, 3.05) is 41.7 Å². The average molecular weight is 278 g/mol. The fourth-order valence-electron chi connectivity index (χ4n) is 2.08. The highest BCUT2D eigenvalue weighted by atomic mass is 15.3. The molecule has 2 rings (SSSR count). The van der Waals surface area contributed by atoms with Crippen molar-refractivity contribution < 1.29 is 0 Å². The average Bonchev–Trinajstić information content (AvgIpc) is 2.89. The van der Waals surface area contributed by atoms with Gasteiger partial charge in [0.25, 0.3) is 0 Å². The Balaban J connectivity index is 2.16. The second kappa shape index (κ2) is 6.24. The predicted molar refractivity (Wildman–Crippen MR) is 83.4 cm³/mol. The van der Waals surface area contributed by atoms with E-state index >= 15 is 0 Å². The van der Waals surface area contributed by atoms with Crippen molar-refractivity contribution >= 4 is 17.8 Å². The highest BCUT2D eigenvalue weighted by molar-refractivity contribution is 5.44. The maximum Gasteiger partial charge on any atom is 0.231 e. The summed E-state index contributed by atoms with van der Waals surface area (Å²) in [5.74, 6) is 2.10. The van der Waals surface area contributed by atoms with Gasteiger partial charge in [-0.05, 0) is 25.2 Å². The second-order valence-electron chi connectivity index (χ2n) is 6.42. The normalized spacial score (nSPS) is 15.5. The van der Waals surface area contributed by atoms with Crippen LogP contribution in [-0.4, -0.2) is 41.1 Å². The molecule has 1 aromatic heterocycles. The highest BCUT2D eigenvalue weighted by Crippen LogP contribution is 2.19. The summed E-state index contributed by atoms with van der Waals surface area (Å²) < 4.78 is 0. The molecule has 1 saturated heterocycles. The van der Waals surface area contributed by atoms with Crippen molar-refractivity contribution in [1.29, 1.82) is 0 Å². The fourth-order valence-corrected chi connectivity index (χ4v) is 2.08.